The summed E-state index contributed by atoms with van der Waals surface area (Å²) in [4.78, 5) is 145. The summed E-state index contributed by atoms with van der Waals surface area (Å²) in [5.74, 6) is -0.256. The minimum absolute atomic E-state index is 0.00785. The van der Waals surface area contributed by atoms with Gasteiger partial charge in [-0.25, -0.2) is 44.5 Å². The lowest BCUT2D eigenvalue weighted by Crippen LogP contribution is -2.47. The number of hydrogen-bond donors (Lipinski definition) is 12. The fourth-order valence-corrected chi connectivity index (χ4v) is 20.2. The molecule has 7 aliphatic rings. The van der Waals surface area contributed by atoms with E-state index in [1.54, 1.807) is 6.92 Å². The van der Waals surface area contributed by atoms with Crippen LogP contribution >= 0.6 is 26.9 Å². The normalized spacial score (nSPS) is 31.9. The lowest BCUT2D eigenvalue weighted by atomic mass is 10.0. The van der Waals surface area contributed by atoms with Crippen molar-refractivity contribution in [1.29, 1.82) is 0 Å². The number of rotatable bonds is 34. The third-order valence-corrected chi connectivity index (χ3v) is 26.0. The second kappa shape index (κ2) is 33.1. The highest BCUT2D eigenvalue weighted by atomic mass is 32.5. The molecule has 0 aliphatic carbocycles. The molecule has 0 radical (unpaired) electrons. The fourth-order valence-electron chi connectivity index (χ4n) is 14.3. The second-order valence-corrected chi connectivity index (χ2v) is 38.4. The summed E-state index contributed by atoms with van der Waals surface area (Å²) in [7, 11) is 2.75. The standard InChI is InChI=1S/C58H76N20O29P4S4/c1-24-10-75(55(83)70-42(24)59)53-39-41(107-111(88,115)97-17-57-15-93-38(40(57)80)52(102-57)77-22-68-32-44(61)64-20-66-46(32)77)58(103-53,16-94-39)18-98-110(87,114)106-34-28(100-50(36(34)91-7-5-89-3)74-11-25(2)48(81)73-56(74)84)14-96-109(86,113)105-35-29(101-51(37(35)92-8-6-90-4)78-23-69-33-47(78)71-54(62)72-49(33)82)13-95-108(85,112)104-26-9-30(99-27(26)12-79)76-21-67-31-43(60)63-19-65-45(31)76/h10-11,19-23,26-30,34-41,50-53,79-80H,5-9,12-18H2,1-4H3,(H,85,112)(H,86,113)(H,87,114)(H,88,115)(H2,59,70,83)(H2,60,63,65)(H2,61,64,66)(H,73,81,84)(H3,62,71,72,82). The third-order valence-electron chi connectivity index (χ3n) is 19.8. The Kier molecular flexibility index (Phi) is 24.1. The molecule has 15 rings (SSSR count). The number of H-pyrrole nitrogens is 2. The van der Waals surface area contributed by atoms with E-state index in [1.807, 2.05) is 0 Å². The van der Waals surface area contributed by atoms with Crippen molar-refractivity contribution in [2.75, 3.05) is 110 Å². The molecular weight excluding hydrogens is 1690 g/mol. The monoisotopic (exact) mass is 1770 g/mol. The SMILES string of the molecule is COCCOC1C(OP(O)(=S)OCC23COC(C(n4cc(C)c(N)nc4=O)O2)C3OP(O)(=S)OCC23COC(C(n4cnc5c(N)ncnc54)O2)C3O)C(COP(O)(=S)OC2C(COP(O)(=S)OC3CC(n4cnc5c(N)ncnc54)OC3CO)OC(n3cnc4c(=O)[nH]c(N)nc43)C2OCCOC)OC1n1cc(C)c(=O)[nH]c1=O. The van der Waals surface area contributed by atoms with Gasteiger partial charge in [-0.3, -0.25) is 56.0 Å². The van der Waals surface area contributed by atoms with E-state index in [2.05, 4.69) is 54.8 Å². The fraction of sp³-hybridized carbons (Fsp3) is 0.603. The van der Waals surface area contributed by atoms with Gasteiger partial charge >= 0.3 is 38.3 Å². The van der Waals surface area contributed by atoms with E-state index in [4.69, 9.17) is 158 Å². The van der Waals surface area contributed by atoms with Crippen molar-refractivity contribution in [3.05, 3.63) is 96.8 Å². The lowest BCUT2D eigenvalue weighted by Gasteiger charge is -2.35. The molecule has 23 atom stereocenters. The molecule has 0 spiro atoms. The molecule has 0 saturated carbocycles. The van der Waals surface area contributed by atoms with Crippen molar-refractivity contribution in [1.82, 2.24) is 77.7 Å². The summed E-state index contributed by atoms with van der Waals surface area (Å²) in [6.07, 6.45) is -14.9. The van der Waals surface area contributed by atoms with Gasteiger partial charge in [0.2, 0.25) is 5.95 Å². The van der Waals surface area contributed by atoms with Crippen molar-refractivity contribution in [2.45, 2.75) is 136 Å². The van der Waals surface area contributed by atoms with Crippen molar-refractivity contribution in [3.8, 4) is 0 Å². The molecule has 626 valence electrons. The van der Waals surface area contributed by atoms with E-state index < -0.39 is 205 Å². The van der Waals surface area contributed by atoms with Crippen LogP contribution in [-0.4, -0.2) is 279 Å². The third kappa shape index (κ3) is 16.7. The molecule has 16 N–H and O–H groups in total. The Morgan fingerprint density at radius 2 is 1.07 bits per heavy atom. The first kappa shape index (κ1) is 83.9. The molecule has 4 bridgehead atoms. The minimum atomic E-state index is -4.92. The Morgan fingerprint density at radius 1 is 0.548 bits per heavy atom. The Morgan fingerprint density at radius 3 is 1.70 bits per heavy atom. The van der Waals surface area contributed by atoms with Crippen LogP contribution < -0.4 is 45.4 Å². The zero-order valence-corrected chi connectivity index (χ0v) is 67.3. The molecular formula is C58H76N20O29P4S4. The van der Waals surface area contributed by atoms with Crippen LogP contribution in [0.25, 0.3) is 33.5 Å². The smallest absolute Gasteiger partial charge is 0.351 e. The molecule has 7 aliphatic heterocycles. The lowest BCUT2D eigenvalue weighted by molar-refractivity contribution is -0.186. The van der Waals surface area contributed by atoms with Crippen LogP contribution in [0.5, 0.6) is 0 Å². The number of aliphatic hydroxyl groups is 2. The maximum atomic E-state index is 13.9. The molecule has 115 heavy (non-hydrogen) atoms. The van der Waals surface area contributed by atoms with Crippen LogP contribution in [0, 0.1) is 13.8 Å². The number of methoxy groups -OCH3 is 2. The first-order valence-electron chi connectivity index (χ1n) is 34.7. The van der Waals surface area contributed by atoms with Gasteiger partial charge in [0, 0.05) is 44.2 Å². The number of hydrogen-bond acceptors (Lipinski definition) is 42. The van der Waals surface area contributed by atoms with Crippen LogP contribution in [0.3, 0.4) is 0 Å². The zero-order valence-electron chi connectivity index (χ0n) is 60.4. The van der Waals surface area contributed by atoms with Crippen molar-refractivity contribution >= 4 is 131 Å². The predicted octanol–water partition coefficient (Wildman–Crippen LogP) is -3.14. The van der Waals surface area contributed by atoms with Crippen LogP contribution in [0.4, 0.5) is 23.4 Å². The summed E-state index contributed by atoms with van der Waals surface area (Å²) < 4.78 is 124. The number of fused-ring (bicyclic) bond motifs is 7. The summed E-state index contributed by atoms with van der Waals surface area (Å²) in [5, 5.41) is 22.2. The summed E-state index contributed by atoms with van der Waals surface area (Å²) in [6.45, 7) is -21.2. The Balaban J connectivity index is 0.702. The van der Waals surface area contributed by atoms with Gasteiger partial charge in [-0.2, -0.15) is 9.97 Å². The first-order chi connectivity index (χ1) is 54.7. The minimum Gasteiger partial charge on any atom is -0.394 e. The number of nitrogens with one attached hydrogen (secondary N) is 2. The van der Waals surface area contributed by atoms with E-state index in [0.717, 1.165) is 15.3 Å². The number of nitrogens with two attached hydrogens (primary N) is 4. The molecule has 8 aromatic rings. The average molecular weight is 1770 g/mol. The predicted molar refractivity (Wildman–Crippen MR) is 403 cm³/mol. The quantitative estimate of drug-likeness (QED) is 0.0140. The van der Waals surface area contributed by atoms with Crippen molar-refractivity contribution in [2.24, 2.45) is 0 Å². The van der Waals surface area contributed by atoms with Gasteiger partial charge < -0.3 is 127 Å². The van der Waals surface area contributed by atoms with E-state index in [-0.39, 0.29) is 96.3 Å². The molecule has 23 unspecified atom stereocenters. The molecule has 0 amide bonds. The number of nitrogens with zero attached hydrogens (tertiary/aromatic N) is 14. The highest BCUT2D eigenvalue weighted by Crippen LogP contribution is 2.60. The molecule has 7 saturated heterocycles. The first-order valence-corrected chi connectivity index (χ1v) is 45.0. The van der Waals surface area contributed by atoms with Crippen LogP contribution in [0.2, 0.25) is 0 Å². The van der Waals surface area contributed by atoms with Crippen LogP contribution in [0.15, 0.2) is 63.2 Å². The highest BCUT2D eigenvalue weighted by Gasteiger charge is 2.67. The summed E-state index contributed by atoms with van der Waals surface area (Å²) in [6, 6.07) is 0. The van der Waals surface area contributed by atoms with E-state index in [0.29, 0.717) is 11.2 Å². The van der Waals surface area contributed by atoms with Gasteiger partial charge in [-0.05, 0) is 61.1 Å². The topological polar surface area (TPSA) is 641 Å². The number of aryl methyl sites for hydroxylation is 2. The number of nitrogen functional groups attached to an aromatic ring is 4. The van der Waals surface area contributed by atoms with Gasteiger partial charge in [0.1, 0.15) is 114 Å². The van der Waals surface area contributed by atoms with Gasteiger partial charge in [0.15, 0.2) is 59.0 Å². The number of anilines is 4. The molecule has 8 aromatic heterocycles. The highest BCUT2D eigenvalue weighted by molar-refractivity contribution is 8.08. The van der Waals surface area contributed by atoms with Crippen LogP contribution in [0.1, 0.15) is 48.7 Å². The zero-order chi connectivity index (χ0) is 81.6. The number of aliphatic hydroxyl groups excluding tert-OH is 2. The molecule has 0 aromatic carbocycles. The number of aromatic nitrogens is 16. The number of ether oxygens (including phenoxy) is 11. The Bertz CT molecular complexity index is 5440. The van der Waals surface area contributed by atoms with E-state index >= 15 is 0 Å². The van der Waals surface area contributed by atoms with Gasteiger partial charge in [0.25, 0.3) is 11.1 Å². The maximum absolute atomic E-state index is 13.9. The van der Waals surface area contributed by atoms with E-state index in [9.17, 15) is 49.0 Å². The summed E-state index contributed by atoms with van der Waals surface area (Å²) >= 11 is 22.8. The molecule has 7 fully saturated rings. The van der Waals surface area contributed by atoms with Gasteiger partial charge in [-0.1, -0.05) is 0 Å². The molecule has 49 nitrogen and oxygen atoms in total. The Labute approximate surface area is 665 Å². The van der Waals surface area contributed by atoms with Gasteiger partial charge in [-0.15, -0.1) is 0 Å². The molecule has 15 heterocycles. The second-order valence-electron chi connectivity index (χ2n) is 27.2. The number of aromatic amines is 2. The average Bonchev–Trinajstić information content (AvgIpc) is 1.57. The van der Waals surface area contributed by atoms with Crippen molar-refractivity contribution in [3.63, 3.8) is 0 Å². The number of imidazole rings is 3. The van der Waals surface area contributed by atoms with Crippen LogP contribution in [-0.2, 0) is 136 Å². The van der Waals surface area contributed by atoms with Gasteiger partial charge in [0.05, 0.1) is 97.8 Å². The molecule has 57 heteroatoms. The maximum Gasteiger partial charge on any atom is 0.351 e. The largest absolute Gasteiger partial charge is 0.394 e. The van der Waals surface area contributed by atoms with E-state index in [1.165, 1.54) is 72.7 Å². The Hall–Kier alpha value is -6.19. The summed E-state index contributed by atoms with van der Waals surface area (Å²) in [5.41, 5.74) is 18.1. The van der Waals surface area contributed by atoms with Crippen molar-refractivity contribution < 1.29 is 118 Å².